The van der Waals surface area contributed by atoms with Crippen LogP contribution in [0.15, 0.2) is 29.2 Å². The minimum atomic E-state index is -0.350. The van der Waals surface area contributed by atoms with Crippen molar-refractivity contribution in [3.05, 3.63) is 29.3 Å². The van der Waals surface area contributed by atoms with Crippen molar-refractivity contribution in [1.82, 2.24) is 5.32 Å². The average Bonchev–Trinajstić information content (AvgIpc) is 2.41. The zero-order valence-corrected chi connectivity index (χ0v) is 12.0. The van der Waals surface area contributed by atoms with E-state index in [-0.39, 0.29) is 5.54 Å². The standard InChI is InChI=1S/C14H17ClN2S/c1-17-14(10-16)8-4-5-11(9-14)18-13-7-3-2-6-12(13)15/h2-3,6-7,11,17H,4-5,8-9H2,1H3. The van der Waals surface area contributed by atoms with E-state index in [2.05, 4.69) is 17.5 Å². The molecule has 0 aliphatic heterocycles. The third kappa shape index (κ3) is 3.00. The van der Waals surface area contributed by atoms with Gasteiger partial charge in [0, 0.05) is 10.1 Å². The normalized spacial score (nSPS) is 27.7. The van der Waals surface area contributed by atoms with E-state index in [0.717, 1.165) is 35.6 Å². The van der Waals surface area contributed by atoms with Gasteiger partial charge in [-0.15, -0.1) is 11.8 Å². The SMILES string of the molecule is CNC1(C#N)CCCC(Sc2ccccc2Cl)C1. The molecule has 1 fully saturated rings. The molecule has 2 rings (SSSR count). The molecule has 0 bridgehead atoms. The number of hydrogen-bond donors (Lipinski definition) is 1. The smallest absolute Gasteiger partial charge is 0.107 e. The summed E-state index contributed by atoms with van der Waals surface area (Å²) in [4.78, 5) is 1.12. The summed E-state index contributed by atoms with van der Waals surface area (Å²) in [5, 5.41) is 13.8. The van der Waals surface area contributed by atoms with Crippen LogP contribution in [-0.4, -0.2) is 17.8 Å². The molecular formula is C14H17ClN2S. The lowest BCUT2D eigenvalue weighted by atomic mass is 9.83. The number of halogens is 1. The topological polar surface area (TPSA) is 35.8 Å². The van der Waals surface area contributed by atoms with Gasteiger partial charge in [0.1, 0.15) is 5.54 Å². The third-order valence-corrected chi connectivity index (χ3v) is 5.32. The largest absolute Gasteiger partial charge is 0.302 e. The lowest BCUT2D eigenvalue weighted by molar-refractivity contribution is 0.323. The molecule has 1 aromatic rings. The molecular weight excluding hydrogens is 264 g/mol. The van der Waals surface area contributed by atoms with E-state index in [1.165, 1.54) is 0 Å². The maximum absolute atomic E-state index is 9.33. The molecule has 1 aliphatic rings. The van der Waals surface area contributed by atoms with Crippen molar-refractivity contribution in [2.75, 3.05) is 7.05 Å². The van der Waals surface area contributed by atoms with Gasteiger partial charge in [-0.2, -0.15) is 5.26 Å². The molecule has 2 nitrogen and oxygen atoms in total. The van der Waals surface area contributed by atoms with Gasteiger partial charge in [-0.1, -0.05) is 23.7 Å². The van der Waals surface area contributed by atoms with Gasteiger partial charge in [-0.25, -0.2) is 0 Å². The van der Waals surface area contributed by atoms with Gasteiger partial charge in [-0.3, -0.25) is 0 Å². The van der Waals surface area contributed by atoms with Gasteiger partial charge >= 0.3 is 0 Å². The Hall–Kier alpha value is -0.690. The molecule has 0 aromatic heterocycles. The summed E-state index contributed by atoms with van der Waals surface area (Å²) < 4.78 is 0. The van der Waals surface area contributed by atoms with Gasteiger partial charge in [-0.05, 0) is 44.9 Å². The number of nitriles is 1. The summed E-state index contributed by atoms with van der Waals surface area (Å²) in [6.07, 6.45) is 4.08. The molecule has 0 spiro atoms. The van der Waals surface area contributed by atoms with E-state index >= 15 is 0 Å². The molecule has 0 saturated heterocycles. The minimum absolute atomic E-state index is 0.350. The molecule has 4 heteroatoms. The number of hydrogen-bond acceptors (Lipinski definition) is 3. The summed E-state index contributed by atoms with van der Waals surface area (Å²) in [6.45, 7) is 0. The Bertz CT molecular complexity index is 457. The summed E-state index contributed by atoms with van der Waals surface area (Å²) >= 11 is 7.98. The number of thioether (sulfide) groups is 1. The number of nitrogens with zero attached hydrogens (tertiary/aromatic N) is 1. The van der Waals surface area contributed by atoms with Crippen LogP contribution in [0.4, 0.5) is 0 Å². The molecule has 96 valence electrons. The fraction of sp³-hybridized carbons (Fsp3) is 0.500. The average molecular weight is 281 g/mol. The highest BCUT2D eigenvalue weighted by molar-refractivity contribution is 8.00. The maximum atomic E-state index is 9.33. The Balaban J connectivity index is 2.07. The van der Waals surface area contributed by atoms with Crippen molar-refractivity contribution in [2.45, 2.75) is 41.4 Å². The molecule has 1 saturated carbocycles. The van der Waals surface area contributed by atoms with Crippen LogP contribution in [0, 0.1) is 11.3 Å². The van der Waals surface area contributed by atoms with Gasteiger partial charge in [0.05, 0.1) is 11.1 Å². The Kier molecular flexibility index (Phi) is 4.55. The molecule has 2 unspecified atom stereocenters. The molecule has 0 radical (unpaired) electrons. The molecule has 0 heterocycles. The van der Waals surface area contributed by atoms with Crippen molar-refractivity contribution in [2.24, 2.45) is 0 Å². The summed E-state index contributed by atoms with van der Waals surface area (Å²) in [5.74, 6) is 0. The van der Waals surface area contributed by atoms with Gasteiger partial charge < -0.3 is 5.32 Å². The fourth-order valence-electron chi connectivity index (χ4n) is 2.43. The Labute approximate surface area is 118 Å². The van der Waals surface area contributed by atoms with Crippen molar-refractivity contribution in [1.29, 1.82) is 5.26 Å². The lowest BCUT2D eigenvalue weighted by Crippen LogP contribution is -2.46. The van der Waals surface area contributed by atoms with Crippen LogP contribution in [0.1, 0.15) is 25.7 Å². The second-order valence-corrected chi connectivity index (χ2v) is 6.46. The van der Waals surface area contributed by atoms with Gasteiger partial charge in [0.15, 0.2) is 0 Å². The van der Waals surface area contributed by atoms with Crippen LogP contribution in [-0.2, 0) is 0 Å². The predicted molar refractivity (Wildman–Crippen MR) is 77.0 cm³/mol. The molecule has 1 aromatic carbocycles. The molecule has 1 aliphatic carbocycles. The Morgan fingerprint density at radius 1 is 1.50 bits per heavy atom. The second-order valence-electron chi connectivity index (χ2n) is 4.71. The quantitative estimate of drug-likeness (QED) is 0.913. The van der Waals surface area contributed by atoms with Gasteiger partial charge in [0.25, 0.3) is 0 Å². The number of nitrogens with one attached hydrogen (secondary N) is 1. The highest BCUT2D eigenvalue weighted by Gasteiger charge is 2.35. The summed E-state index contributed by atoms with van der Waals surface area (Å²) in [5.41, 5.74) is -0.350. The first-order valence-electron chi connectivity index (χ1n) is 6.20. The first kappa shape index (κ1) is 13.7. The van der Waals surface area contributed by atoms with Crippen LogP contribution in [0.25, 0.3) is 0 Å². The molecule has 2 atom stereocenters. The van der Waals surface area contributed by atoms with E-state index in [9.17, 15) is 5.26 Å². The van der Waals surface area contributed by atoms with Crippen LogP contribution in [0.5, 0.6) is 0 Å². The number of benzene rings is 1. The van der Waals surface area contributed by atoms with E-state index in [4.69, 9.17) is 11.6 Å². The lowest BCUT2D eigenvalue weighted by Gasteiger charge is -2.35. The molecule has 0 amide bonds. The van der Waals surface area contributed by atoms with Gasteiger partial charge in [0.2, 0.25) is 0 Å². The zero-order valence-electron chi connectivity index (χ0n) is 10.4. The van der Waals surface area contributed by atoms with E-state index < -0.39 is 0 Å². The first-order valence-corrected chi connectivity index (χ1v) is 7.46. The highest BCUT2D eigenvalue weighted by Crippen LogP contribution is 2.40. The number of rotatable bonds is 3. The zero-order chi connectivity index (χ0) is 13.0. The maximum Gasteiger partial charge on any atom is 0.107 e. The first-order chi connectivity index (χ1) is 8.69. The fourth-order valence-corrected chi connectivity index (χ4v) is 4.05. The van der Waals surface area contributed by atoms with Crippen LogP contribution in [0.3, 0.4) is 0 Å². The third-order valence-electron chi connectivity index (χ3n) is 3.53. The summed E-state index contributed by atoms with van der Waals surface area (Å²) in [6, 6.07) is 10.4. The van der Waals surface area contributed by atoms with Crippen molar-refractivity contribution < 1.29 is 0 Å². The predicted octanol–water partition coefficient (Wildman–Crippen LogP) is 3.86. The van der Waals surface area contributed by atoms with Crippen molar-refractivity contribution in [3.63, 3.8) is 0 Å². The minimum Gasteiger partial charge on any atom is -0.302 e. The van der Waals surface area contributed by atoms with Crippen molar-refractivity contribution >= 4 is 23.4 Å². The highest BCUT2D eigenvalue weighted by atomic mass is 35.5. The Morgan fingerprint density at radius 3 is 2.94 bits per heavy atom. The van der Waals surface area contributed by atoms with E-state index in [1.807, 2.05) is 25.2 Å². The molecule has 1 N–H and O–H groups in total. The van der Waals surface area contributed by atoms with Crippen LogP contribution < -0.4 is 5.32 Å². The molecule has 18 heavy (non-hydrogen) atoms. The van der Waals surface area contributed by atoms with E-state index in [0.29, 0.717) is 5.25 Å². The Morgan fingerprint density at radius 2 is 2.28 bits per heavy atom. The van der Waals surface area contributed by atoms with E-state index in [1.54, 1.807) is 11.8 Å². The van der Waals surface area contributed by atoms with Crippen molar-refractivity contribution in [3.8, 4) is 6.07 Å². The van der Waals surface area contributed by atoms with Crippen LogP contribution >= 0.6 is 23.4 Å². The summed E-state index contributed by atoms with van der Waals surface area (Å²) in [7, 11) is 1.88. The second kappa shape index (κ2) is 5.97. The van der Waals surface area contributed by atoms with Crippen LogP contribution in [0.2, 0.25) is 5.02 Å². The monoisotopic (exact) mass is 280 g/mol.